The second kappa shape index (κ2) is 6.99. The Morgan fingerprint density at radius 3 is 2.56 bits per heavy atom. The molecule has 0 aliphatic rings. The van der Waals surface area contributed by atoms with Crippen LogP contribution >= 0.6 is 0 Å². The summed E-state index contributed by atoms with van der Waals surface area (Å²) in [6.45, 7) is 2.14. The first-order valence-corrected chi connectivity index (χ1v) is 8.55. The van der Waals surface area contributed by atoms with Crippen LogP contribution < -0.4 is 5.32 Å². The van der Waals surface area contributed by atoms with E-state index < -0.39 is 0 Å². The molecule has 0 radical (unpaired) electrons. The van der Waals surface area contributed by atoms with E-state index in [1.54, 1.807) is 22.7 Å². The molecule has 0 aliphatic carbocycles. The van der Waals surface area contributed by atoms with E-state index in [9.17, 15) is 9.18 Å². The number of amides is 1. The van der Waals surface area contributed by atoms with Crippen LogP contribution in [0.25, 0.3) is 16.9 Å². The molecular weight excluding hydrogens is 343 g/mol. The molecule has 1 amide bonds. The number of aryl methyl sites for hydroxylation is 1. The summed E-state index contributed by atoms with van der Waals surface area (Å²) in [6, 6.07) is 19.3. The van der Waals surface area contributed by atoms with Crippen molar-refractivity contribution in [3.05, 3.63) is 89.5 Å². The second-order valence-electron chi connectivity index (χ2n) is 6.26. The number of nitrogens with one attached hydrogen (secondary N) is 1. The Hall–Kier alpha value is -3.54. The summed E-state index contributed by atoms with van der Waals surface area (Å²) >= 11 is 0. The summed E-state index contributed by atoms with van der Waals surface area (Å²) < 4.78 is 14.6. The fourth-order valence-electron chi connectivity index (χ4n) is 2.89. The van der Waals surface area contributed by atoms with Crippen molar-refractivity contribution in [3.63, 3.8) is 0 Å². The molecule has 2 aromatic heterocycles. The van der Waals surface area contributed by atoms with Crippen molar-refractivity contribution >= 4 is 11.6 Å². The smallest absolute Gasteiger partial charge is 0.270 e. The molecule has 0 fully saturated rings. The van der Waals surface area contributed by atoms with Gasteiger partial charge < -0.3 is 5.32 Å². The van der Waals surface area contributed by atoms with Gasteiger partial charge >= 0.3 is 0 Å². The van der Waals surface area contributed by atoms with Gasteiger partial charge in [0.2, 0.25) is 0 Å². The van der Waals surface area contributed by atoms with E-state index in [-0.39, 0.29) is 11.7 Å². The molecule has 1 N–H and O–H groups in total. The first-order valence-electron chi connectivity index (χ1n) is 8.55. The van der Waals surface area contributed by atoms with Crippen molar-refractivity contribution in [3.8, 4) is 11.3 Å². The zero-order valence-electron chi connectivity index (χ0n) is 14.7. The predicted octanol–water partition coefficient (Wildman–Crippen LogP) is 3.77. The molecule has 0 aliphatic heterocycles. The maximum absolute atomic E-state index is 13.0. The molecule has 134 valence electrons. The van der Waals surface area contributed by atoms with Crippen molar-refractivity contribution in [2.24, 2.45) is 0 Å². The van der Waals surface area contributed by atoms with E-state index in [2.05, 4.69) is 15.4 Å². The molecule has 0 saturated heterocycles. The van der Waals surface area contributed by atoms with Gasteiger partial charge in [-0.1, -0.05) is 42.5 Å². The average molecular weight is 360 g/mol. The van der Waals surface area contributed by atoms with Gasteiger partial charge in [0.1, 0.15) is 11.5 Å². The number of hydrogen-bond acceptors (Lipinski definition) is 3. The van der Waals surface area contributed by atoms with Gasteiger partial charge in [0.15, 0.2) is 5.65 Å². The Labute approximate surface area is 155 Å². The number of carbonyl (C=O) groups excluding carboxylic acids is 1. The minimum absolute atomic E-state index is 0.266. The topological polar surface area (TPSA) is 59.3 Å². The fraction of sp³-hybridized carbons (Fsp3) is 0.0952. The highest BCUT2D eigenvalue weighted by Gasteiger charge is 2.15. The Morgan fingerprint density at radius 1 is 1.07 bits per heavy atom. The highest BCUT2D eigenvalue weighted by molar-refractivity contribution is 5.93. The van der Waals surface area contributed by atoms with Crippen molar-refractivity contribution in [2.45, 2.75) is 13.5 Å². The number of fused-ring (bicyclic) bond motifs is 1. The van der Waals surface area contributed by atoms with E-state index in [0.717, 1.165) is 22.5 Å². The Bertz CT molecular complexity index is 1100. The Balaban J connectivity index is 1.65. The number of hydrogen-bond donors (Lipinski definition) is 1. The highest BCUT2D eigenvalue weighted by atomic mass is 19.1. The molecule has 2 heterocycles. The minimum atomic E-state index is -0.304. The lowest BCUT2D eigenvalue weighted by Gasteiger charge is -2.08. The van der Waals surface area contributed by atoms with E-state index >= 15 is 0 Å². The van der Waals surface area contributed by atoms with E-state index in [1.807, 2.05) is 43.3 Å². The van der Waals surface area contributed by atoms with Gasteiger partial charge in [-0.3, -0.25) is 4.79 Å². The Kier molecular flexibility index (Phi) is 4.38. The molecule has 2 aromatic carbocycles. The number of halogens is 1. The lowest BCUT2D eigenvalue weighted by atomic mass is 10.2. The van der Waals surface area contributed by atoms with Crippen LogP contribution in [0, 0.1) is 12.7 Å². The van der Waals surface area contributed by atoms with Crippen molar-refractivity contribution < 1.29 is 9.18 Å². The van der Waals surface area contributed by atoms with Gasteiger partial charge in [-0.15, -0.1) is 0 Å². The van der Waals surface area contributed by atoms with Gasteiger partial charge in [0.25, 0.3) is 5.91 Å². The lowest BCUT2D eigenvalue weighted by Crippen LogP contribution is -2.25. The maximum Gasteiger partial charge on any atom is 0.270 e. The third-order valence-corrected chi connectivity index (χ3v) is 4.22. The maximum atomic E-state index is 13.0. The molecule has 0 atom stereocenters. The van der Waals surface area contributed by atoms with E-state index in [0.29, 0.717) is 17.9 Å². The lowest BCUT2D eigenvalue weighted by molar-refractivity contribution is 0.0943. The average Bonchev–Trinajstić information content (AvgIpc) is 3.11. The first-order chi connectivity index (χ1) is 13.1. The number of nitrogens with zero attached hydrogens (tertiary/aromatic N) is 3. The monoisotopic (exact) mass is 360 g/mol. The normalized spacial score (nSPS) is 10.9. The molecule has 4 rings (SSSR count). The number of carbonyl (C=O) groups is 1. The summed E-state index contributed by atoms with van der Waals surface area (Å²) in [5.74, 6) is -0.570. The molecule has 4 aromatic rings. The quantitative estimate of drug-likeness (QED) is 0.603. The van der Waals surface area contributed by atoms with Gasteiger partial charge in [0.05, 0.1) is 5.69 Å². The molecule has 0 spiro atoms. The fourth-order valence-corrected chi connectivity index (χ4v) is 2.89. The van der Waals surface area contributed by atoms with Gasteiger partial charge in [-0.05, 0) is 30.7 Å². The van der Waals surface area contributed by atoms with Crippen LogP contribution in [0.3, 0.4) is 0 Å². The number of rotatable bonds is 4. The second-order valence-corrected chi connectivity index (χ2v) is 6.26. The highest BCUT2D eigenvalue weighted by Crippen LogP contribution is 2.20. The summed E-state index contributed by atoms with van der Waals surface area (Å²) in [6.07, 6.45) is 0. The first kappa shape index (κ1) is 16.9. The van der Waals surface area contributed by atoms with Crippen molar-refractivity contribution in [2.75, 3.05) is 0 Å². The summed E-state index contributed by atoms with van der Waals surface area (Å²) in [4.78, 5) is 17.2. The van der Waals surface area contributed by atoms with Gasteiger partial charge in [-0.2, -0.15) is 5.10 Å². The van der Waals surface area contributed by atoms with Crippen LogP contribution in [-0.4, -0.2) is 20.5 Å². The molecule has 0 unspecified atom stereocenters. The van der Waals surface area contributed by atoms with Crippen molar-refractivity contribution in [1.82, 2.24) is 19.9 Å². The van der Waals surface area contributed by atoms with Crippen LogP contribution in [0.5, 0.6) is 0 Å². The Morgan fingerprint density at radius 2 is 1.81 bits per heavy atom. The van der Waals surface area contributed by atoms with Crippen LogP contribution in [0.4, 0.5) is 4.39 Å². The van der Waals surface area contributed by atoms with Gasteiger partial charge in [0, 0.05) is 23.9 Å². The SMILES string of the molecule is Cc1cc(C(=O)NCc2ccc(F)cc2)n2nc(-c3ccccc3)cc2n1. The minimum Gasteiger partial charge on any atom is -0.347 e. The van der Waals surface area contributed by atoms with Crippen molar-refractivity contribution in [1.29, 1.82) is 0 Å². The van der Waals surface area contributed by atoms with Crippen LogP contribution in [0.2, 0.25) is 0 Å². The van der Waals surface area contributed by atoms with Gasteiger partial charge in [-0.25, -0.2) is 13.9 Å². The molecule has 5 nitrogen and oxygen atoms in total. The zero-order valence-corrected chi connectivity index (χ0v) is 14.7. The van der Waals surface area contributed by atoms with Crippen LogP contribution in [0.1, 0.15) is 21.7 Å². The third-order valence-electron chi connectivity index (χ3n) is 4.22. The van der Waals surface area contributed by atoms with Crippen LogP contribution in [-0.2, 0) is 6.54 Å². The molecule has 0 bridgehead atoms. The van der Waals surface area contributed by atoms with E-state index in [4.69, 9.17) is 0 Å². The number of aromatic nitrogens is 3. The number of benzene rings is 2. The zero-order chi connectivity index (χ0) is 18.8. The predicted molar refractivity (Wildman–Crippen MR) is 101 cm³/mol. The summed E-state index contributed by atoms with van der Waals surface area (Å²) in [5.41, 5.74) is 4.27. The standard InChI is InChI=1S/C21H17FN4O/c1-14-11-19(21(27)23-13-15-7-9-17(22)10-8-15)26-20(24-14)12-18(25-26)16-5-3-2-4-6-16/h2-12H,13H2,1H3,(H,23,27). The molecule has 27 heavy (non-hydrogen) atoms. The molecule has 6 heteroatoms. The molecule has 0 saturated carbocycles. The summed E-state index contributed by atoms with van der Waals surface area (Å²) in [5, 5.41) is 7.41. The van der Waals surface area contributed by atoms with E-state index in [1.165, 1.54) is 12.1 Å². The van der Waals surface area contributed by atoms with Crippen LogP contribution in [0.15, 0.2) is 66.7 Å². The summed E-state index contributed by atoms with van der Waals surface area (Å²) in [7, 11) is 0. The third kappa shape index (κ3) is 3.55. The largest absolute Gasteiger partial charge is 0.347 e. The molecular formula is C21H17FN4O.